The van der Waals surface area contributed by atoms with Crippen LogP contribution in [0.25, 0.3) is 24.3 Å². The minimum atomic E-state index is 0.530. The van der Waals surface area contributed by atoms with E-state index in [1.54, 1.807) is 0 Å². The number of hydrogen-bond acceptors (Lipinski definition) is 0. The largest absolute Gasteiger partial charge is 0.0619 e. The molecule has 0 aliphatic carbocycles. The van der Waals surface area contributed by atoms with Gasteiger partial charge in [-0.25, -0.2) is 0 Å². The third-order valence-electron chi connectivity index (χ3n) is 5.08. The molecule has 0 aliphatic rings. The maximum atomic E-state index is 2.24. The fourth-order valence-corrected chi connectivity index (χ4v) is 3.47. The Morgan fingerprint density at radius 3 is 1.18 bits per heavy atom. The second kappa shape index (κ2) is 9.37. The van der Waals surface area contributed by atoms with E-state index >= 15 is 0 Å². The van der Waals surface area contributed by atoms with Crippen LogP contribution < -0.4 is 0 Å². The first-order valence-corrected chi connectivity index (χ1v) is 10.2. The molecule has 0 saturated heterocycles. The monoisotopic (exact) mass is 366 g/mol. The summed E-state index contributed by atoms with van der Waals surface area (Å²) < 4.78 is 0. The van der Waals surface area contributed by atoms with Gasteiger partial charge >= 0.3 is 0 Å². The summed E-state index contributed by atoms with van der Waals surface area (Å²) in [5.74, 6) is 1.06. The molecule has 28 heavy (non-hydrogen) atoms. The minimum absolute atomic E-state index is 0.530. The quantitative estimate of drug-likeness (QED) is 0.385. The van der Waals surface area contributed by atoms with Gasteiger partial charge in [-0.15, -0.1) is 0 Å². The Balaban J connectivity index is 1.74. The van der Waals surface area contributed by atoms with Crippen LogP contribution in [0.15, 0.2) is 72.8 Å². The summed E-state index contributed by atoms with van der Waals surface area (Å²) in [7, 11) is 0. The van der Waals surface area contributed by atoms with E-state index in [2.05, 4.69) is 125 Å². The molecule has 0 spiro atoms. The lowest BCUT2D eigenvalue weighted by Crippen LogP contribution is -1.90. The molecule has 3 aromatic rings. The van der Waals surface area contributed by atoms with Gasteiger partial charge in [0.05, 0.1) is 0 Å². The summed E-state index contributed by atoms with van der Waals surface area (Å²) >= 11 is 0. The van der Waals surface area contributed by atoms with Crippen LogP contribution in [0.3, 0.4) is 0 Å². The topological polar surface area (TPSA) is 0 Å². The number of benzene rings is 3. The van der Waals surface area contributed by atoms with Crippen molar-refractivity contribution < 1.29 is 0 Å². The first-order chi connectivity index (χ1) is 13.5. The average Bonchev–Trinajstić information content (AvgIpc) is 2.71. The molecule has 0 amide bonds. The maximum Gasteiger partial charge on any atom is -0.0213 e. The third-order valence-corrected chi connectivity index (χ3v) is 5.08. The molecule has 0 heteroatoms. The Morgan fingerprint density at radius 1 is 0.464 bits per heavy atom. The van der Waals surface area contributed by atoms with Crippen LogP contribution in [0.2, 0.25) is 0 Å². The first-order valence-electron chi connectivity index (χ1n) is 10.2. The van der Waals surface area contributed by atoms with E-state index in [9.17, 15) is 0 Å². The van der Waals surface area contributed by atoms with Crippen molar-refractivity contribution in [3.05, 3.63) is 106 Å². The highest BCUT2D eigenvalue weighted by atomic mass is 14.1. The van der Waals surface area contributed by atoms with Gasteiger partial charge in [-0.2, -0.15) is 0 Å². The van der Waals surface area contributed by atoms with Crippen molar-refractivity contribution in [2.75, 3.05) is 0 Å². The van der Waals surface area contributed by atoms with Crippen LogP contribution >= 0.6 is 0 Å². The van der Waals surface area contributed by atoms with E-state index in [1.807, 2.05) is 0 Å². The molecular weight excluding hydrogens is 336 g/mol. The summed E-state index contributed by atoms with van der Waals surface area (Å²) in [5.41, 5.74) is 7.82. The normalized spacial score (nSPS) is 11.9. The van der Waals surface area contributed by atoms with Gasteiger partial charge < -0.3 is 0 Å². The van der Waals surface area contributed by atoms with Crippen LogP contribution in [-0.4, -0.2) is 0 Å². The molecule has 0 aromatic heterocycles. The molecular formula is C28H30. The molecule has 0 unspecified atom stereocenters. The molecule has 0 radical (unpaired) electrons. The molecule has 0 atom stereocenters. The number of hydrogen-bond donors (Lipinski definition) is 0. The average molecular weight is 367 g/mol. The first kappa shape index (κ1) is 19.9. The molecule has 0 aliphatic heterocycles. The lowest BCUT2D eigenvalue weighted by atomic mass is 9.96. The smallest absolute Gasteiger partial charge is 0.0213 e. The highest BCUT2D eigenvalue weighted by molar-refractivity contribution is 5.74. The van der Waals surface area contributed by atoms with Gasteiger partial charge in [-0.3, -0.25) is 0 Å². The highest BCUT2D eigenvalue weighted by Crippen LogP contribution is 2.23. The Morgan fingerprint density at radius 2 is 0.821 bits per heavy atom. The van der Waals surface area contributed by atoms with E-state index < -0.39 is 0 Å². The zero-order valence-electron chi connectivity index (χ0n) is 17.4. The summed E-state index contributed by atoms with van der Waals surface area (Å²) in [6.07, 6.45) is 8.84. The van der Waals surface area contributed by atoms with E-state index in [-0.39, 0.29) is 0 Å². The minimum Gasteiger partial charge on any atom is -0.0619 e. The van der Waals surface area contributed by atoms with Crippen molar-refractivity contribution in [2.24, 2.45) is 0 Å². The Labute approximate surface area is 170 Å². The van der Waals surface area contributed by atoms with Crippen molar-refractivity contribution >= 4 is 24.3 Å². The van der Waals surface area contributed by atoms with Crippen LogP contribution in [0.4, 0.5) is 0 Å². The van der Waals surface area contributed by atoms with Crippen LogP contribution in [0.5, 0.6) is 0 Å². The van der Waals surface area contributed by atoms with Gasteiger partial charge in [0.2, 0.25) is 0 Å². The zero-order chi connectivity index (χ0) is 19.9. The predicted octanol–water partition coefficient (Wildman–Crippen LogP) is 8.27. The van der Waals surface area contributed by atoms with Crippen molar-refractivity contribution in [3.63, 3.8) is 0 Å². The second-order valence-corrected chi connectivity index (χ2v) is 7.90. The van der Waals surface area contributed by atoms with Crippen LogP contribution in [-0.2, 0) is 0 Å². The molecule has 142 valence electrons. The van der Waals surface area contributed by atoms with E-state index in [4.69, 9.17) is 0 Å². The second-order valence-electron chi connectivity index (χ2n) is 7.90. The fourth-order valence-electron chi connectivity index (χ4n) is 3.47. The molecule has 0 N–H and O–H groups in total. The molecule has 3 aromatic carbocycles. The van der Waals surface area contributed by atoms with Gasteiger partial charge in [-0.1, -0.05) is 125 Å². The fraction of sp³-hybridized carbons (Fsp3) is 0.214. The molecule has 0 saturated carbocycles. The van der Waals surface area contributed by atoms with Crippen molar-refractivity contribution in [2.45, 2.75) is 39.5 Å². The summed E-state index contributed by atoms with van der Waals surface area (Å²) in [6, 6.07) is 26.0. The van der Waals surface area contributed by atoms with Gasteiger partial charge in [-0.05, 0) is 45.2 Å². The van der Waals surface area contributed by atoms with Crippen LogP contribution in [0.1, 0.15) is 72.9 Å². The van der Waals surface area contributed by atoms with Gasteiger partial charge in [0.25, 0.3) is 0 Å². The van der Waals surface area contributed by atoms with E-state index in [0.29, 0.717) is 11.8 Å². The molecule has 3 rings (SSSR count). The maximum absolute atomic E-state index is 2.24. The Bertz CT molecular complexity index is 873. The summed E-state index contributed by atoms with van der Waals surface area (Å²) in [5, 5.41) is 0. The third kappa shape index (κ3) is 5.10. The lowest BCUT2D eigenvalue weighted by molar-refractivity contribution is 0.864. The molecule has 0 heterocycles. The molecule has 0 bridgehead atoms. The van der Waals surface area contributed by atoms with Crippen LogP contribution in [0, 0.1) is 0 Å². The SMILES string of the molecule is CC(C)c1ccccc1C=Cc1ccc(C=Cc2ccccc2C(C)C)cc1. The predicted molar refractivity (Wildman–Crippen MR) is 125 cm³/mol. The highest BCUT2D eigenvalue weighted by Gasteiger charge is 2.03. The van der Waals surface area contributed by atoms with E-state index in [0.717, 1.165) is 0 Å². The standard InChI is InChI=1S/C28H30/c1-21(2)27-11-7-5-9-25(27)19-17-23-13-15-24(16-14-23)18-20-26-10-6-8-12-28(26)22(3)4/h5-22H,1-4H3. The van der Waals surface area contributed by atoms with E-state index in [1.165, 1.54) is 33.4 Å². The summed E-state index contributed by atoms with van der Waals surface area (Å²) in [6.45, 7) is 8.97. The van der Waals surface area contributed by atoms with Gasteiger partial charge in [0.15, 0.2) is 0 Å². The number of rotatable bonds is 6. The molecule has 0 fully saturated rings. The molecule has 0 nitrogen and oxygen atoms in total. The van der Waals surface area contributed by atoms with Crippen molar-refractivity contribution in [3.8, 4) is 0 Å². The van der Waals surface area contributed by atoms with Gasteiger partial charge in [0, 0.05) is 0 Å². The Kier molecular flexibility index (Phi) is 6.66. The summed E-state index contributed by atoms with van der Waals surface area (Å²) in [4.78, 5) is 0. The lowest BCUT2D eigenvalue weighted by Gasteiger charge is -2.09. The van der Waals surface area contributed by atoms with Crippen molar-refractivity contribution in [1.29, 1.82) is 0 Å². The van der Waals surface area contributed by atoms with Crippen molar-refractivity contribution in [1.82, 2.24) is 0 Å². The van der Waals surface area contributed by atoms with Gasteiger partial charge in [0.1, 0.15) is 0 Å². The zero-order valence-corrected chi connectivity index (χ0v) is 17.4. The Hall–Kier alpha value is -2.86.